The molecule has 2 aromatic carbocycles. The zero-order valence-corrected chi connectivity index (χ0v) is 11.6. The van der Waals surface area contributed by atoms with Crippen molar-refractivity contribution in [3.8, 4) is 0 Å². The molecule has 0 aromatic heterocycles. The lowest BCUT2D eigenvalue weighted by atomic mass is 9.99. The second-order valence-electron chi connectivity index (χ2n) is 5.06. The molecule has 1 unspecified atom stereocenters. The van der Waals surface area contributed by atoms with Crippen LogP contribution in [0.5, 0.6) is 0 Å². The summed E-state index contributed by atoms with van der Waals surface area (Å²) in [6, 6.07) is 15.6. The van der Waals surface area contributed by atoms with Crippen molar-refractivity contribution < 1.29 is 4.79 Å². The van der Waals surface area contributed by atoms with Crippen molar-refractivity contribution in [2.75, 3.05) is 5.32 Å². The van der Waals surface area contributed by atoms with Crippen LogP contribution in [0.3, 0.4) is 0 Å². The lowest BCUT2D eigenvalue weighted by Gasteiger charge is -2.10. The molecule has 1 amide bonds. The standard InChI is InChI=1S/C17H16N2O/c1-11-6-5-7-13(10-11)16-14-8-3-4-9-15(14)19-17(20)12(2)18-16/h3-10,12H,1-2H3,(H,19,20). The molecule has 0 saturated heterocycles. The van der Waals surface area contributed by atoms with E-state index < -0.39 is 6.04 Å². The number of aliphatic imine (C=N–C) groups is 1. The van der Waals surface area contributed by atoms with Crippen LogP contribution in [0.2, 0.25) is 0 Å². The second-order valence-corrected chi connectivity index (χ2v) is 5.06. The summed E-state index contributed by atoms with van der Waals surface area (Å²) in [5.41, 5.74) is 4.88. The Morgan fingerprint density at radius 2 is 1.90 bits per heavy atom. The van der Waals surface area contributed by atoms with Crippen molar-refractivity contribution in [3.05, 3.63) is 65.2 Å². The Balaban J connectivity index is 2.21. The third-order valence-corrected chi connectivity index (χ3v) is 3.43. The van der Waals surface area contributed by atoms with Gasteiger partial charge in [0.25, 0.3) is 0 Å². The molecule has 1 atom stereocenters. The van der Waals surface area contributed by atoms with Gasteiger partial charge in [-0.2, -0.15) is 0 Å². The SMILES string of the molecule is Cc1cccc(C2=NC(C)C(=O)Nc3ccccc32)c1. The molecular formula is C17H16N2O. The zero-order chi connectivity index (χ0) is 14.1. The van der Waals surface area contributed by atoms with Crippen LogP contribution in [0.25, 0.3) is 0 Å². The first-order valence-electron chi connectivity index (χ1n) is 6.70. The van der Waals surface area contributed by atoms with E-state index >= 15 is 0 Å². The van der Waals surface area contributed by atoms with Gasteiger partial charge >= 0.3 is 0 Å². The van der Waals surface area contributed by atoms with Crippen molar-refractivity contribution >= 4 is 17.3 Å². The smallest absolute Gasteiger partial charge is 0.248 e. The van der Waals surface area contributed by atoms with Gasteiger partial charge in [-0.3, -0.25) is 9.79 Å². The van der Waals surface area contributed by atoms with E-state index in [1.165, 1.54) is 5.56 Å². The van der Waals surface area contributed by atoms with Gasteiger partial charge in [0.15, 0.2) is 0 Å². The van der Waals surface area contributed by atoms with E-state index in [9.17, 15) is 4.79 Å². The average Bonchev–Trinajstić information content (AvgIpc) is 2.57. The van der Waals surface area contributed by atoms with Crippen LogP contribution in [0, 0.1) is 6.92 Å². The molecule has 3 nitrogen and oxygen atoms in total. The molecule has 1 N–H and O–H groups in total. The van der Waals surface area contributed by atoms with E-state index in [4.69, 9.17) is 0 Å². The molecule has 3 rings (SSSR count). The van der Waals surface area contributed by atoms with Gasteiger partial charge in [-0.25, -0.2) is 0 Å². The number of hydrogen-bond acceptors (Lipinski definition) is 2. The Morgan fingerprint density at radius 1 is 1.10 bits per heavy atom. The molecule has 0 aliphatic carbocycles. The summed E-state index contributed by atoms with van der Waals surface area (Å²) in [5.74, 6) is -0.0693. The summed E-state index contributed by atoms with van der Waals surface area (Å²) >= 11 is 0. The maximum Gasteiger partial charge on any atom is 0.248 e. The number of fused-ring (bicyclic) bond motifs is 1. The van der Waals surface area contributed by atoms with Gasteiger partial charge in [-0.05, 0) is 26.0 Å². The quantitative estimate of drug-likeness (QED) is 0.844. The highest BCUT2D eigenvalue weighted by Gasteiger charge is 2.22. The van der Waals surface area contributed by atoms with Crippen LogP contribution in [0.4, 0.5) is 5.69 Å². The number of benzene rings is 2. The minimum Gasteiger partial charge on any atom is -0.324 e. The predicted octanol–water partition coefficient (Wildman–Crippen LogP) is 3.17. The van der Waals surface area contributed by atoms with Crippen LogP contribution in [-0.4, -0.2) is 17.7 Å². The van der Waals surface area contributed by atoms with Crippen LogP contribution in [0.15, 0.2) is 53.5 Å². The zero-order valence-electron chi connectivity index (χ0n) is 11.6. The predicted molar refractivity (Wildman–Crippen MR) is 81.4 cm³/mol. The monoisotopic (exact) mass is 264 g/mol. The summed E-state index contributed by atoms with van der Waals surface area (Å²) in [6.07, 6.45) is 0. The van der Waals surface area contributed by atoms with Gasteiger partial charge < -0.3 is 5.32 Å². The van der Waals surface area contributed by atoms with E-state index in [1.807, 2.05) is 43.3 Å². The first-order chi connectivity index (χ1) is 9.65. The minimum atomic E-state index is -0.391. The Bertz CT molecular complexity index is 704. The number of nitrogens with zero attached hydrogens (tertiary/aromatic N) is 1. The molecule has 2 aromatic rings. The number of hydrogen-bond donors (Lipinski definition) is 1. The first-order valence-corrected chi connectivity index (χ1v) is 6.70. The normalized spacial score (nSPS) is 17.8. The van der Waals surface area contributed by atoms with Crippen molar-refractivity contribution in [2.24, 2.45) is 4.99 Å². The number of amides is 1. The summed E-state index contributed by atoms with van der Waals surface area (Å²) in [5, 5.41) is 2.93. The van der Waals surface area contributed by atoms with Crippen molar-refractivity contribution in [3.63, 3.8) is 0 Å². The number of para-hydroxylation sites is 1. The number of carbonyl (C=O) groups excluding carboxylic acids is 1. The third kappa shape index (κ3) is 2.23. The van der Waals surface area contributed by atoms with Crippen molar-refractivity contribution in [2.45, 2.75) is 19.9 Å². The molecule has 20 heavy (non-hydrogen) atoms. The maximum atomic E-state index is 12.0. The summed E-state index contributed by atoms with van der Waals surface area (Å²) < 4.78 is 0. The van der Waals surface area contributed by atoms with Crippen molar-refractivity contribution in [1.82, 2.24) is 0 Å². The molecule has 1 aliphatic heterocycles. The van der Waals surface area contributed by atoms with Gasteiger partial charge in [0.05, 0.1) is 11.4 Å². The van der Waals surface area contributed by atoms with Crippen LogP contribution in [0.1, 0.15) is 23.6 Å². The van der Waals surface area contributed by atoms with Crippen molar-refractivity contribution in [1.29, 1.82) is 0 Å². The lowest BCUT2D eigenvalue weighted by Crippen LogP contribution is -2.22. The number of nitrogens with one attached hydrogen (secondary N) is 1. The molecule has 0 fully saturated rings. The van der Waals surface area contributed by atoms with Gasteiger partial charge in [0.2, 0.25) is 5.91 Å². The number of aryl methyl sites for hydroxylation is 1. The highest BCUT2D eigenvalue weighted by atomic mass is 16.2. The molecule has 0 bridgehead atoms. The molecule has 0 radical (unpaired) electrons. The molecule has 3 heteroatoms. The molecule has 100 valence electrons. The lowest BCUT2D eigenvalue weighted by molar-refractivity contribution is -0.116. The summed E-state index contributed by atoms with van der Waals surface area (Å²) in [4.78, 5) is 16.6. The Morgan fingerprint density at radius 3 is 2.70 bits per heavy atom. The van der Waals surface area contributed by atoms with E-state index in [0.717, 1.165) is 22.5 Å². The Hall–Kier alpha value is -2.42. The Kier molecular flexibility index (Phi) is 3.11. The maximum absolute atomic E-state index is 12.0. The van der Waals surface area contributed by atoms with E-state index in [2.05, 4.69) is 29.4 Å². The molecule has 1 heterocycles. The first kappa shape index (κ1) is 12.6. The fraction of sp³-hybridized carbons (Fsp3) is 0.176. The van der Waals surface area contributed by atoms with Gasteiger partial charge in [0.1, 0.15) is 6.04 Å². The van der Waals surface area contributed by atoms with E-state index in [0.29, 0.717) is 0 Å². The highest BCUT2D eigenvalue weighted by Crippen LogP contribution is 2.24. The second kappa shape index (κ2) is 4.93. The third-order valence-electron chi connectivity index (χ3n) is 3.43. The summed E-state index contributed by atoms with van der Waals surface area (Å²) in [7, 11) is 0. The van der Waals surface area contributed by atoms with Gasteiger partial charge in [-0.15, -0.1) is 0 Å². The Labute approximate surface area is 118 Å². The molecule has 0 spiro atoms. The molecular weight excluding hydrogens is 248 g/mol. The van der Waals surface area contributed by atoms with Gasteiger partial charge in [0, 0.05) is 11.1 Å². The highest BCUT2D eigenvalue weighted by molar-refractivity contribution is 6.19. The van der Waals surface area contributed by atoms with Crippen LogP contribution >= 0.6 is 0 Å². The molecule has 0 saturated carbocycles. The van der Waals surface area contributed by atoms with Crippen LogP contribution < -0.4 is 5.32 Å². The number of carbonyl (C=O) groups is 1. The summed E-state index contributed by atoms with van der Waals surface area (Å²) in [6.45, 7) is 3.87. The fourth-order valence-corrected chi connectivity index (χ4v) is 2.38. The molecule has 1 aliphatic rings. The van der Waals surface area contributed by atoms with E-state index in [1.54, 1.807) is 0 Å². The van der Waals surface area contributed by atoms with E-state index in [-0.39, 0.29) is 5.91 Å². The van der Waals surface area contributed by atoms with Gasteiger partial charge in [-0.1, -0.05) is 42.0 Å². The number of anilines is 1. The number of rotatable bonds is 1. The average molecular weight is 264 g/mol. The van der Waals surface area contributed by atoms with Crippen LogP contribution in [-0.2, 0) is 4.79 Å². The topological polar surface area (TPSA) is 41.5 Å². The fourth-order valence-electron chi connectivity index (χ4n) is 2.38. The minimum absolute atomic E-state index is 0.0693. The largest absolute Gasteiger partial charge is 0.324 e. The number of benzodiazepines with no additional fused rings is 1.